The Kier molecular flexibility index (Phi) is 3.57. The summed E-state index contributed by atoms with van der Waals surface area (Å²) in [5.41, 5.74) is 1.67. The van der Waals surface area contributed by atoms with Crippen LogP contribution >= 0.6 is 0 Å². The molecule has 0 aliphatic rings. The molecule has 4 nitrogen and oxygen atoms in total. The number of aryl methyl sites for hydroxylation is 1. The van der Waals surface area contributed by atoms with Crippen molar-refractivity contribution in [1.29, 1.82) is 0 Å². The van der Waals surface area contributed by atoms with Crippen molar-refractivity contribution in [3.63, 3.8) is 0 Å². The molecule has 0 aliphatic heterocycles. The van der Waals surface area contributed by atoms with Crippen LogP contribution in [-0.4, -0.2) is 20.6 Å². The molecule has 1 heterocycles. The topological polar surface area (TPSA) is 55.1 Å². The predicted molar refractivity (Wildman–Crippen MR) is 70.0 cm³/mol. The van der Waals surface area contributed by atoms with Crippen molar-refractivity contribution < 1.29 is 9.90 Å². The van der Waals surface area contributed by atoms with Gasteiger partial charge in [0.2, 0.25) is 0 Å². The van der Waals surface area contributed by atoms with Crippen LogP contribution in [0.5, 0.6) is 0 Å². The number of nitrogens with zero attached hydrogens (tertiary/aromatic N) is 2. The first-order chi connectivity index (χ1) is 8.70. The molecule has 1 aromatic carbocycles. The first kappa shape index (κ1) is 12.1. The highest BCUT2D eigenvalue weighted by molar-refractivity contribution is 5.85. The zero-order valence-corrected chi connectivity index (χ0v) is 10.1. The Bertz CT molecular complexity index is 571. The van der Waals surface area contributed by atoms with Crippen LogP contribution in [0.15, 0.2) is 42.6 Å². The number of carboxylic acids is 1. The van der Waals surface area contributed by atoms with Gasteiger partial charge in [-0.15, -0.1) is 0 Å². The summed E-state index contributed by atoms with van der Waals surface area (Å²) in [6, 6.07) is 9.83. The Hall–Kier alpha value is -2.36. The lowest BCUT2D eigenvalue weighted by molar-refractivity contribution is -0.131. The minimum absolute atomic E-state index is 0.651. The van der Waals surface area contributed by atoms with E-state index in [1.807, 2.05) is 48.0 Å². The van der Waals surface area contributed by atoms with Gasteiger partial charge in [-0.3, -0.25) is 0 Å². The van der Waals surface area contributed by atoms with Gasteiger partial charge in [-0.2, -0.15) is 0 Å². The van der Waals surface area contributed by atoms with Gasteiger partial charge in [-0.25, -0.2) is 9.78 Å². The van der Waals surface area contributed by atoms with Crippen LogP contribution in [-0.2, 0) is 11.3 Å². The van der Waals surface area contributed by atoms with E-state index in [4.69, 9.17) is 5.11 Å². The van der Waals surface area contributed by atoms with Gasteiger partial charge in [-0.05, 0) is 13.0 Å². The number of hydrogen-bond acceptors (Lipinski definition) is 2. The first-order valence-corrected chi connectivity index (χ1v) is 5.74. The third-order valence-corrected chi connectivity index (χ3v) is 2.56. The van der Waals surface area contributed by atoms with E-state index in [2.05, 4.69) is 4.98 Å². The summed E-state index contributed by atoms with van der Waals surface area (Å²) in [6.45, 7) is 2.82. The van der Waals surface area contributed by atoms with Crippen molar-refractivity contribution >= 4 is 12.0 Å². The number of aromatic nitrogens is 2. The maximum Gasteiger partial charge on any atom is 0.328 e. The van der Waals surface area contributed by atoms with E-state index in [0.29, 0.717) is 5.69 Å². The Balaban J connectivity index is 2.39. The molecule has 92 valence electrons. The number of benzene rings is 1. The molecule has 0 aliphatic carbocycles. The molecule has 2 rings (SSSR count). The van der Waals surface area contributed by atoms with Crippen LogP contribution in [0.3, 0.4) is 0 Å². The van der Waals surface area contributed by atoms with Crippen molar-refractivity contribution in [3.8, 4) is 11.4 Å². The molecule has 4 heteroatoms. The molecule has 1 aromatic heterocycles. The van der Waals surface area contributed by atoms with E-state index in [9.17, 15) is 4.79 Å². The summed E-state index contributed by atoms with van der Waals surface area (Å²) in [5.74, 6) is -0.120. The second-order valence-corrected chi connectivity index (χ2v) is 3.81. The van der Waals surface area contributed by atoms with Crippen molar-refractivity contribution in [3.05, 3.63) is 48.3 Å². The molecule has 0 radical (unpaired) electrons. The highest BCUT2D eigenvalue weighted by Gasteiger charge is 2.07. The van der Waals surface area contributed by atoms with E-state index in [1.165, 1.54) is 6.08 Å². The number of aliphatic carboxylic acids is 1. The molecular formula is C14H14N2O2. The molecule has 0 saturated heterocycles. The van der Waals surface area contributed by atoms with Gasteiger partial charge in [0.05, 0.1) is 5.69 Å². The molecular weight excluding hydrogens is 228 g/mol. The second kappa shape index (κ2) is 5.31. The van der Waals surface area contributed by atoms with Crippen molar-refractivity contribution in [1.82, 2.24) is 9.55 Å². The van der Waals surface area contributed by atoms with Gasteiger partial charge in [0.25, 0.3) is 0 Å². The summed E-state index contributed by atoms with van der Waals surface area (Å²) < 4.78 is 2.00. The van der Waals surface area contributed by atoms with Crippen LogP contribution in [0.1, 0.15) is 12.6 Å². The molecule has 2 aromatic rings. The van der Waals surface area contributed by atoms with Gasteiger partial charge in [0, 0.05) is 24.4 Å². The number of hydrogen-bond donors (Lipinski definition) is 1. The van der Waals surface area contributed by atoms with Gasteiger partial charge < -0.3 is 9.67 Å². The maximum absolute atomic E-state index is 10.5. The monoisotopic (exact) mass is 242 g/mol. The predicted octanol–water partition coefficient (Wildman–Crippen LogP) is 2.67. The quantitative estimate of drug-likeness (QED) is 0.838. The maximum atomic E-state index is 10.5. The van der Waals surface area contributed by atoms with Gasteiger partial charge in [0.15, 0.2) is 0 Å². The molecule has 0 atom stereocenters. The lowest BCUT2D eigenvalue weighted by Crippen LogP contribution is -1.95. The first-order valence-electron chi connectivity index (χ1n) is 5.74. The second-order valence-electron chi connectivity index (χ2n) is 3.81. The smallest absolute Gasteiger partial charge is 0.328 e. The van der Waals surface area contributed by atoms with Crippen LogP contribution in [0.2, 0.25) is 0 Å². The fourth-order valence-electron chi connectivity index (χ4n) is 1.73. The lowest BCUT2D eigenvalue weighted by Gasteiger charge is -2.03. The van der Waals surface area contributed by atoms with Crippen LogP contribution < -0.4 is 0 Å². The van der Waals surface area contributed by atoms with Crippen molar-refractivity contribution in [2.75, 3.05) is 0 Å². The van der Waals surface area contributed by atoms with Gasteiger partial charge >= 0.3 is 5.97 Å². The molecule has 0 bridgehead atoms. The number of rotatable bonds is 4. The Morgan fingerprint density at radius 3 is 2.72 bits per heavy atom. The zero-order chi connectivity index (χ0) is 13.0. The summed E-state index contributed by atoms with van der Waals surface area (Å²) in [7, 11) is 0. The molecule has 0 amide bonds. The minimum atomic E-state index is -0.970. The van der Waals surface area contributed by atoms with Crippen molar-refractivity contribution in [2.45, 2.75) is 13.5 Å². The Morgan fingerprint density at radius 2 is 2.11 bits per heavy atom. The molecule has 0 unspecified atom stereocenters. The summed E-state index contributed by atoms with van der Waals surface area (Å²) in [4.78, 5) is 14.9. The van der Waals surface area contributed by atoms with Crippen LogP contribution in [0.4, 0.5) is 0 Å². The minimum Gasteiger partial charge on any atom is -0.478 e. The Morgan fingerprint density at radius 1 is 1.39 bits per heavy atom. The Labute approximate surface area is 105 Å². The van der Waals surface area contributed by atoms with Gasteiger partial charge in [0.1, 0.15) is 5.82 Å². The van der Waals surface area contributed by atoms with E-state index in [-0.39, 0.29) is 0 Å². The summed E-state index contributed by atoms with van der Waals surface area (Å²) in [5, 5.41) is 8.60. The molecule has 0 fully saturated rings. The molecule has 0 spiro atoms. The third kappa shape index (κ3) is 2.66. The summed E-state index contributed by atoms with van der Waals surface area (Å²) >= 11 is 0. The molecule has 1 N–H and O–H groups in total. The zero-order valence-electron chi connectivity index (χ0n) is 10.1. The average Bonchev–Trinajstić information content (AvgIpc) is 2.80. The van der Waals surface area contributed by atoms with Crippen LogP contribution in [0.25, 0.3) is 17.5 Å². The fourth-order valence-corrected chi connectivity index (χ4v) is 1.73. The molecule has 0 saturated carbocycles. The SMILES string of the molecule is CCn1cc(C=CC(=O)O)nc1-c1ccccc1. The van der Waals surface area contributed by atoms with E-state index >= 15 is 0 Å². The number of carboxylic acid groups (broad SMARTS) is 1. The number of imidazole rings is 1. The summed E-state index contributed by atoms with van der Waals surface area (Å²) in [6.07, 6.45) is 4.44. The van der Waals surface area contributed by atoms with E-state index in [1.54, 1.807) is 0 Å². The average molecular weight is 242 g/mol. The lowest BCUT2D eigenvalue weighted by atomic mass is 10.2. The standard InChI is InChI=1S/C14H14N2O2/c1-2-16-10-12(8-9-13(17)18)15-14(16)11-6-4-3-5-7-11/h3-10H,2H2,1H3,(H,17,18). The van der Waals surface area contributed by atoms with E-state index < -0.39 is 5.97 Å². The largest absolute Gasteiger partial charge is 0.478 e. The van der Waals surface area contributed by atoms with Crippen molar-refractivity contribution in [2.24, 2.45) is 0 Å². The highest BCUT2D eigenvalue weighted by Crippen LogP contribution is 2.19. The fraction of sp³-hybridized carbons (Fsp3) is 0.143. The van der Waals surface area contributed by atoms with E-state index in [0.717, 1.165) is 24.0 Å². The highest BCUT2D eigenvalue weighted by atomic mass is 16.4. The number of carbonyl (C=O) groups is 1. The normalized spacial score (nSPS) is 10.9. The van der Waals surface area contributed by atoms with Crippen LogP contribution in [0, 0.1) is 0 Å². The third-order valence-electron chi connectivity index (χ3n) is 2.56. The molecule has 18 heavy (non-hydrogen) atoms. The van der Waals surface area contributed by atoms with Gasteiger partial charge in [-0.1, -0.05) is 30.3 Å².